The van der Waals surface area contributed by atoms with Crippen LogP contribution in [0.3, 0.4) is 0 Å². The Labute approximate surface area is 162 Å². The van der Waals surface area contributed by atoms with E-state index in [1.165, 1.54) is 4.31 Å². The van der Waals surface area contributed by atoms with Crippen LogP contribution in [-0.2, 0) is 26.0 Å². The Morgan fingerprint density at radius 2 is 2.04 bits per heavy atom. The van der Waals surface area contributed by atoms with E-state index in [9.17, 15) is 13.2 Å². The molecule has 1 saturated heterocycles. The first kappa shape index (κ1) is 21.7. The fourth-order valence-electron chi connectivity index (χ4n) is 3.15. The van der Waals surface area contributed by atoms with E-state index in [0.717, 1.165) is 12.8 Å². The van der Waals surface area contributed by atoms with Crippen molar-refractivity contribution in [2.75, 3.05) is 33.4 Å². The van der Waals surface area contributed by atoms with Crippen molar-refractivity contribution in [2.24, 2.45) is 0 Å². The molecule has 7 nitrogen and oxygen atoms in total. The third-order valence-corrected chi connectivity index (χ3v) is 6.50. The summed E-state index contributed by atoms with van der Waals surface area (Å²) >= 11 is 0. The number of carbonyl (C=O) groups is 1. The van der Waals surface area contributed by atoms with Crippen molar-refractivity contribution in [3.05, 3.63) is 23.8 Å². The fourth-order valence-corrected chi connectivity index (χ4v) is 4.61. The molecule has 1 aromatic carbocycles. The molecule has 1 aliphatic rings. The molecule has 0 aromatic heterocycles. The molecule has 1 atom stereocenters. The normalized spacial score (nSPS) is 16.7. The van der Waals surface area contributed by atoms with Crippen LogP contribution in [0.2, 0.25) is 0 Å². The molecule has 1 aliphatic heterocycles. The standard InChI is InChI=1S/C19H30N2O5S/c1-4-5-15(2)20-19(22)9-6-16-14-17(7-8-18(16)25-3)27(23,24)21-10-12-26-13-11-21/h7-8,14-15H,4-6,9-13H2,1-3H3,(H,20,22)/t15-/m0/s1. The highest BCUT2D eigenvalue weighted by Crippen LogP contribution is 2.26. The third kappa shape index (κ3) is 5.92. The first-order valence-electron chi connectivity index (χ1n) is 9.42. The molecule has 152 valence electrons. The molecule has 1 aromatic rings. The van der Waals surface area contributed by atoms with Crippen LogP contribution in [-0.4, -0.2) is 58.1 Å². The minimum absolute atomic E-state index is 0.0422. The summed E-state index contributed by atoms with van der Waals surface area (Å²) in [5, 5.41) is 2.96. The lowest BCUT2D eigenvalue weighted by Crippen LogP contribution is -2.40. The van der Waals surface area contributed by atoms with E-state index >= 15 is 0 Å². The summed E-state index contributed by atoms with van der Waals surface area (Å²) < 4.78 is 37.7. The van der Waals surface area contributed by atoms with E-state index in [4.69, 9.17) is 9.47 Å². The van der Waals surface area contributed by atoms with Gasteiger partial charge in [-0.05, 0) is 43.5 Å². The van der Waals surface area contributed by atoms with Crippen molar-refractivity contribution in [1.82, 2.24) is 9.62 Å². The highest BCUT2D eigenvalue weighted by Gasteiger charge is 2.27. The summed E-state index contributed by atoms with van der Waals surface area (Å²) in [4.78, 5) is 12.4. The Kier molecular flexibility index (Phi) is 8.07. The molecule has 27 heavy (non-hydrogen) atoms. The van der Waals surface area contributed by atoms with Gasteiger partial charge in [0.2, 0.25) is 15.9 Å². The van der Waals surface area contributed by atoms with Crippen molar-refractivity contribution in [3.63, 3.8) is 0 Å². The number of hydrogen-bond acceptors (Lipinski definition) is 5. The van der Waals surface area contributed by atoms with Gasteiger partial charge in [0, 0.05) is 25.6 Å². The van der Waals surface area contributed by atoms with E-state index in [0.29, 0.717) is 44.0 Å². The number of morpholine rings is 1. The Bertz CT molecular complexity index is 730. The quantitative estimate of drug-likeness (QED) is 0.687. The number of rotatable bonds is 9. The zero-order chi connectivity index (χ0) is 19.9. The van der Waals surface area contributed by atoms with Crippen LogP contribution < -0.4 is 10.1 Å². The van der Waals surface area contributed by atoms with Crippen LogP contribution in [0.4, 0.5) is 0 Å². The second kappa shape index (κ2) is 10.1. The number of hydrogen-bond donors (Lipinski definition) is 1. The molecule has 2 rings (SSSR count). The molecule has 0 spiro atoms. The Hall–Kier alpha value is -1.64. The van der Waals surface area contributed by atoms with Gasteiger partial charge >= 0.3 is 0 Å². The lowest BCUT2D eigenvalue weighted by molar-refractivity contribution is -0.121. The van der Waals surface area contributed by atoms with Gasteiger partial charge in [-0.15, -0.1) is 0 Å². The summed E-state index contributed by atoms with van der Waals surface area (Å²) in [6.07, 6.45) is 2.64. The fraction of sp³-hybridized carbons (Fsp3) is 0.632. The number of aryl methyl sites for hydroxylation is 1. The average Bonchev–Trinajstić information content (AvgIpc) is 2.67. The van der Waals surface area contributed by atoms with Gasteiger partial charge in [0.1, 0.15) is 5.75 Å². The van der Waals surface area contributed by atoms with Gasteiger partial charge in [-0.2, -0.15) is 4.31 Å². The zero-order valence-corrected chi connectivity index (χ0v) is 17.2. The summed E-state index contributed by atoms with van der Waals surface area (Å²) in [5.74, 6) is 0.546. The van der Waals surface area contributed by atoms with Gasteiger partial charge in [-0.1, -0.05) is 13.3 Å². The maximum Gasteiger partial charge on any atom is 0.243 e. The van der Waals surface area contributed by atoms with Crippen LogP contribution in [0.5, 0.6) is 5.75 Å². The second-order valence-corrected chi connectivity index (χ2v) is 8.69. The number of benzene rings is 1. The van der Waals surface area contributed by atoms with Crippen LogP contribution in [0.25, 0.3) is 0 Å². The SMILES string of the molecule is CCC[C@H](C)NC(=O)CCc1cc(S(=O)(=O)N2CCOCC2)ccc1OC. The average molecular weight is 399 g/mol. The van der Waals surface area contributed by atoms with Crippen LogP contribution in [0.1, 0.15) is 38.7 Å². The number of ether oxygens (including phenoxy) is 2. The molecule has 1 fully saturated rings. The van der Waals surface area contributed by atoms with Gasteiger partial charge in [0.05, 0.1) is 25.2 Å². The summed E-state index contributed by atoms with van der Waals surface area (Å²) in [7, 11) is -2.04. The molecule has 0 bridgehead atoms. The Morgan fingerprint density at radius 3 is 2.67 bits per heavy atom. The minimum Gasteiger partial charge on any atom is -0.496 e. The predicted molar refractivity (Wildman–Crippen MR) is 103 cm³/mol. The lowest BCUT2D eigenvalue weighted by Gasteiger charge is -2.26. The Balaban J connectivity index is 2.11. The van der Waals surface area contributed by atoms with E-state index < -0.39 is 10.0 Å². The van der Waals surface area contributed by atoms with Gasteiger partial charge in [0.25, 0.3) is 0 Å². The first-order valence-corrected chi connectivity index (χ1v) is 10.9. The highest BCUT2D eigenvalue weighted by molar-refractivity contribution is 7.89. The summed E-state index contributed by atoms with van der Waals surface area (Å²) in [6, 6.07) is 4.96. The van der Waals surface area contributed by atoms with Crippen LogP contribution in [0.15, 0.2) is 23.1 Å². The van der Waals surface area contributed by atoms with Gasteiger partial charge in [-0.25, -0.2) is 8.42 Å². The largest absolute Gasteiger partial charge is 0.496 e. The molecular formula is C19H30N2O5S. The smallest absolute Gasteiger partial charge is 0.243 e. The van der Waals surface area contributed by atoms with Gasteiger partial charge < -0.3 is 14.8 Å². The van der Waals surface area contributed by atoms with E-state index in [-0.39, 0.29) is 23.3 Å². The van der Waals surface area contributed by atoms with E-state index in [1.807, 2.05) is 6.92 Å². The molecule has 0 radical (unpaired) electrons. The molecule has 1 heterocycles. The van der Waals surface area contributed by atoms with Crippen molar-refractivity contribution < 1.29 is 22.7 Å². The van der Waals surface area contributed by atoms with Gasteiger partial charge in [-0.3, -0.25) is 4.79 Å². The zero-order valence-electron chi connectivity index (χ0n) is 16.4. The van der Waals surface area contributed by atoms with Crippen molar-refractivity contribution in [3.8, 4) is 5.75 Å². The highest BCUT2D eigenvalue weighted by atomic mass is 32.2. The molecule has 1 amide bonds. The van der Waals surface area contributed by atoms with Gasteiger partial charge in [0.15, 0.2) is 0 Å². The molecule has 8 heteroatoms. The monoisotopic (exact) mass is 398 g/mol. The Morgan fingerprint density at radius 1 is 1.33 bits per heavy atom. The third-order valence-electron chi connectivity index (χ3n) is 4.61. The number of sulfonamides is 1. The van der Waals surface area contributed by atoms with Crippen LogP contribution in [0, 0.1) is 0 Å². The molecule has 1 N–H and O–H groups in total. The summed E-state index contributed by atoms with van der Waals surface area (Å²) in [5.41, 5.74) is 0.713. The molecular weight excluding hydrogens is 368 g/mol. The van der Waals surface area contributed by atoms with E-state index in [2.05, 4.69) is 12.2 Å². The first-order chi connectivity index (χ1) is 12.9. The number of amides is 1. The molecule has 0 unspecified atom stereocenters. The van der Waals surface area contributed by atoms with Crippen molar-refractivity contribution >= 4 is 15.9 Å². The molecule has 0 saturated carbocycles. The predicted octanol–water partition coefficient (Wildman–Crippen LogP) is 1.95. The number of methoxy groups -OCH3 is 1. The van der Waals surface area contributed by atoms with Crippen molar-refractivity contribution in [1.29, 1.82) is 0 Å². The number of nitrogens with zero attached hydrogens (tertiary/aromatic N) is 1. The maximum atomic E-state index is 12.8. The lowest BCUT2D eigenvalue weighted by atomic mass is 10.1. The second-order valence-electron chi connectivity index (χ2n) is 6.75. The summed E-state index contributed by atoms with van der Waals surface area (Å²) in [6.45, 7) is 5.56. The maximum absolute atomic E-state index is 12.8. The van der Waals surface area contributed by atoms with Crippen molar-refractivity contribution in [2.45, 2.75) is 50.5 Å². The minimum atomic E-state index is -3.58. The molecule has 0 aliphatic carbocycles. The topological polar surface area (TPSA) is 84.9 Å². The van der Waals surface area contributed by atoms with E-state index in [1.54, 1.807) is 25.3 Å². The number of carbonyl (C=O) groups excluding carboxylic acids is 1. The number of nitrogens with one attached hydrogen (secondary N) is 1. The van der Waals surface area contributed by atoms with Crippen LogP contribution >= 0.6 is 0 Å².